The fourth-order valence-electron chi connectivity index (χ4n) is 3.18. The molecule has 2 aromatic rings. The van der Waals surface area contributed by atoms with E-state index in [0.29, 0.717) is 13.2 Å². The summed E-state index contributed by atoms with van der Waals surface area (Å²) in [6, 6.07) is 11.9. The minimum atomic E-state index is -0.0391. The molecular weight excluding hydrogens is 314 g/mol. The van der Waals surface area contributed by atoms with Crippen LogP contribution in [-0.4, -0.2) is 23.7 Å². The summed E-state index contributed by atoms with van der Waals surface area (Å²) < 4.78 is 5.27. The number of aliphatic imine (C=N–C) groups is 1. The highest BCUT2D eigenvalue weighted by Crippen LogP contribution is 2.23. The number of nitrogens with zero attached hydrogens (tertiary/aromatic N) is 2. The first-order valence-electron chi connectivity index (χ1n) is 8.45. The van der Waals surface area contributed by atoms with Crippen molar-refractivity contribution in [2.45, 2.75) is 39.5 Å². The van der Waals surface area contributed by atoms with Crippen LogP contribution in [-0.2, 0) is 29.1 Å². The second-order valence-electron chi connectivity index (χ2n) is 6.31. The summed E-state index contributed by atoms with van der Waals surface area (Å²) in [5.41, 5.74) is 5.89. The van der Waals surface area contributed by atoms with E-state index in [-0.39, 0.29) is 18.4 Å². The average molecular weight is 337 g/mol. The van der Waals surface area contributed by atoms with Crippen LogP contribution in [0, 0.1) is 0 Å². The summed E-state index contributed by atoms with van der Waals surface area (Å²) in [6.45, 7) is 5.04. The Hall–Kier alpha value is -2.53. The number of nitrogens with one attached hydrogen (secondary N) is 1. The molecule has 2 heterocycles. The largest absolute Gasteiger partial charge is 0.378 e. The summed E-state index contributed by atoms with van der Waals surface area (Å²) in [5.74, 6) is -0.0391. The molecule has 25 heavy (non-hydrogen) atoms. The molecule has 0 saturated heterocycles. The van der Waals surface area contributed by atoms with Crippen LogP contribution in [0.5, 0.6) is 0 Å². The van der Waals surface area contributed by atoms with Crippen LogP contribution in [0.4, 0.5) is 0 Å². The maximum absolute atomic E-state index is 12.4. The van der Waals surface area contributed by atoms with Crippen molar-refractivity contribution in [2.24, 2.45) is 4.99 Å². The number of aromatic nitrogens is 1. The second-order valence-corrected chi connectivity index (χ2v) is 6.31. The van der Waals surface area contributed by atoms with Crippen LogP contribution in [0.3, 0.4) is 0 Å². The van der Waals surface area contributed by atoms with Gasteiger partial charge in [0.2, 0.25) is 5.91 Å². The van der Waals surface area contributed by atoms with Crippen LogP contribution in [0.15, 0.2) is 41.4 Å². The van der Waals surface area contributed by atoms with Crippen molar-refractivity contribution in [3.05, 3.63) is 64.5 Å². The van der Waals surface area contributed by atoms with Gasteiger partial charge in [0.25, 0.3) is 0 Å². The predicted molar refractivity (Wildman–Crippen MR) is 97.6 cm³/mol. The molecule has 1 aliphatic heterocycles. The number of methoxy groups -OCH3 is 1. The third-order valence-corrected chi connectivity index (χ3v) is 4.38. The molecule has 0 saturated carbocycles. The van der Waals surface area contributed by atoms with Gasteiger partial charge < -0.3 is 10.1 Å². The highest BCUT2D eigenvalue weighted by atomic mass is 16.5. The van der Waals surface area contributed by atoms with Gasteiger partial charge in [0.1, 0.15) is 0 Å². The molecule has 1 aromatic heterocycles. The van der Waals surface area contributed by atoms with Gasteiger partial charge in [-0.1, -0.05) is 30.3 Å². The molecule has 3 rings (SSSR count). The first kappa shape index (κ1) is 17.3. The molecule has 0 fully saturated rings. The molecule has 1 amide bonds. The fourth-order valence-corrected chi connectivity index (χ4v) is 3.18. The summed E-state index contributed by atoms with van der Waals surface area (Å²) in [4.78, 5) is 21.5. The first-order chi connectivity index (χ1) is 12.1. The predicted octanol–water partition coefficient (Wildman–Crippen LogP) is 2.97. The van der Waals surface area contributed by atoms with Crippen LogP contribution in [0.2, 0.25) is 0 Å². The maximum Gasteiger partial charge on any atom is 0.226 e. The van der Waals surface area contributed by atoms with E-state index >= 15 is 0 Å². The van der Waals surface area contributed by atoms with Crippen molar-refractivity contribution in [3.63, 3.8) is 0 Å². The van der Waals surface area contributed by atoms with E-state index in [0.717, 1.165) is 33.8 Å². The van der Waals surface area contributed by atoms with E-state index in [2.05, 4.69) is 15.3 Å². The Morgan fingerprint density at radius 1 is 1.32 bits per heavy atom. The van der Waals surface area contributed by atoms with Crippen LogP contribution < -0.4 is 5.32 Å². The molecule has 1 aliphatic rings. The molecule has 5 nitrogen and oxygen atoms in total. The fraction of sp³-hybridized carbons (Fsp3) is 0.350. The quantitative estimate of drug-likeness (QED) is 0.881. The molecule has 5 heteroatoms. The Balaban J connectivity index is 1.73. The van der Waals surface area contributed by atoms with Crippen molar-refractivity contribution in [1.29, 1.82) is 0 Å². The summed E-state index contributed by atoms with van der Waals surface area (Å²) >= 11 is 0. The van der Waals surface area contributed by atoms with Gasteiger partial charge in [-0.2, -0.15) is 0 Å². The smallest absolute Gasteiger partial charge is 0.226 e. The van der Waals surface area contributed by atoms with E-state index in [4.69, 9.17) is 4.74 Å². The zero-order valence-electron chi connectivity index (χ0n) is 14.9. The van der Waals surface area contributed by atoms with Crippen LogP contribution in [0.25, 0.3) is 0 Å². The lowest BCUT2D eigenvalue weighted by molar-refractivity contribution is -0.121. The van der Waals surface area contributed by atoms with Crippen molar-refractivity contribution >= 4 is 11.6 Å². The zero-order chi connectivity index (χ0) is 17.8. The zero-order valence-corrected chi connectivity index (χ0v) is 14.9. The Bertz CT molecular complexity index is 800. The minimum Gasteiger partial charge on any atom is -0.378 e. The molecule has 0 radical (unpaired) electrons. The van der Waals surface area contributed by atoms with Crippen LogP contribution >= 0.6 is 0 Å². The van der Waals surface area contributed by atoms with E-state index in [1.54, 1.807) is 7.11 Å². The lowest BCUT2D eigenvalue weighted by Crippen LogP contribution is -2.28. The normalized spacial score (nSPS) is 14.0. The summed E-state index contributed by atoms with van der Waals surface area (Å²) in [5, 5.41) is 3.03. The molecule has 0 bridgehead atoms. The monoisotopic (exact) mass is 337 g/mol. The van der Waals surface area contributed by atoms with E-state index in [9.17, 15) is 4.79 Å². The third kappa shape index (κ3) is 3.94. The Labute approximate surface area is 148 Å². The SMILES string of the molecule is COCc1nc(CC(=O)N[C@H](C)c2ccccc2)cc2c1C(C)=NC2. The van der Waals surface area contributed by atoms with Gasteiger partial charge in [0.05, 0.1) is 37.0 Å². The number of pyridine rings is 1. The molecule has 0 unspecified atom stereocenters. The number of hydrogen-bond acceptors (Lipinski definition) is 4. The van der Waals surface area contributed by atoms with E-state index in [1.165, 1.54) is 0 Å². The number of fused-ring (bicyclic) bond motifs is 1. The van der Waals surface area contributed by atoms with Crippen molar-refractivity contribution in [1.82, 2.24) is 10.3 Å². The number of benzene rings is 1. The highest BCUT2D eigenvalue weighted by Gasteiger charge is 2.20. The third-order valence-electron chi connectivity index (χ3n) is 4.38. The average Bonchev–Trinajstić information content (AvgIpc) is 2.97. The Kier molecular flexibility index (Phi) is 5.24. The first-order valence-corrected chi connectivity index (χ1v) is 8.45. The number of ether oxygens (including phenoxy) is 1. The molecule has 0 aliphatic carbocycles. The maximum atomic E-state index is 12.4. The second kappa shape index (κ2) is 7.57. The standard InChI is InChI=1S/C20H23N3O2/c1-13(15-7-5-4-6-8-15)22-19(24)10-17-9-16-11-21-14(2)20(16)18(23-17)12-25-3/h4-9,13H,10-12H2,1-3H3,(H,22,24)/t13-/m1/s1. The molecule has 1 atom stereocenters. The molecule has 130 valence electrons. The lowest BCUT2D eigenvalue weighted by atomic mass is 10.0. The van der Waals surface area contributed by atoms with Gasteiger partial charge in [-0.25, -0.2) is 0 Å². The van der Waals surface area contributed by atoms with Crippen LogP contribution in [0.1, 0.15) is 48.0 Å². The van der Waals surface area contributed by atoms with Gasteiger partial charge in [-0.3, -0.25) is 14.8 Å². The highest BCUT2D eigenvalue weighted by molar-refractivity contribution is 6.02. The topological polar surface area (TPSA) is 63.6 Å². The Morgan fingerprint density at radius 2 is 2.08 bits per heavy atom. The number of amides is 1. The number of rotatable bonds is 6. The number of carbonyl (C=O) groups is 1. The van der Waals surface area contributed by atoms with Crippen molar-refractivity contribution < 1.29 is 9.53 Å². The molecular formula is C20H23N3O2. The lowest BCUT2D eigenvalue weighted by Gasteiger charge is -2.15. The van der Waals surface area contributed by atoms with Gasteiger partial charge in [0.15, 0.2) is 0 Å². The van der Waals surface area contributed by atoms with E-state index < -0.39 is 0 Å². The Morgan fingerprint density at radius 3 is 2.80 bits per heavy atom. The van der Waals surface area contributed by atoms with Gasteiger partial charge in [-0.05, 0) is 31.0 Å². The number of hydrogen-bond donors (Lipinski definition) is 1. The van der Waals surface area contributed by atoms with Crippen molar-refractivity contribution in [3.8, 4) is 0 Å². The van der Waals surface area contributed by atoms with Gasteiger partial charge in [-0.15, -0.1) is 0 Å². The van der Waals surface area contributed by atoms with Crippen molar-refractivity contribution in [2.75, 3.05) is 7.11 Å². The van der Waals surface area contributed by atoms with Gasteiger partial charge in [0, 0.05) is 18.4 Å². The minimum absolute atomic E-state index is 0.0350. The molecule has 1 aromatic carbocycles. The summed E-state index contributed by atoms with van der Waals surface area (Å²) in [7, 11) is 1.65. The number of carbonyl (C=O) groups excluding carboxylic acids is 1. The molecule has 1 N–H and O–H groups in total. The van der Waals surface area contributed by atoms with Gasteiger partial charge >= 0.3 is 0 Å². The summed E-state index contributed by atoms with van der Waals surface area (Å²) in [6.07, 6.45) is 0.250. The molecule has 0 spiro atoms. The van der Waals surface area contributed by atoms with E-state index in [1.807, 2.05) is 50.2 Å².